The third-order valence-electron chi connectivity index (χ3n) is 2.92. The van der Waals surface area contributed by atoms with Gasteiger partial charge in [-0.2, -0.15) is 10.4 Å². The van der Waals surface area contributed by atoms with Gasteiger partial charge in [-0.3, -0.25) is 9.58 Å². The Morgan fingerprint density at radius 1 is 1.62 bits per heavy atom. The minimum Gasteiger partial charge on any atom is -0.295 e. The zero-order chi connectivity index (χ0) is 11.4. The van der Waals surface area contributed by atoms with E-state index < -0.39 is 0 Å². The molecule has 1 aromatic rings. The Bertz CT molecular complexity index is 374. The Morgan fingerprint density at radius 2 is 2.44 bits per heavy atom. The first-order chi connectivity index (χ1) is 7.79. The van der Waals surface area contributed by atoms with E-state index in [1.165, 1.54) is 12.8 Å². The van der Waals surface area contributed by atoms with E-state index in [4.69, 9.17) is 5.26 Å². The zero-order valence-electron chi connectivity index (χ0n) is 9.63. The van der Waals surface area contributed by atoms with Crippen molar-refractivity contribution < 1.29 is 0 Å². The molecule has 1 aliphatic carbocycles. The van der Waals surface area contributed by atoms with Crippen LogP contribution in [0.1, 0.15) is 25.1 Å². The second-order valence-corrected chi connectivity index (χ2v) is 4.39. The van der Waals surface area contributed by atoms with Gasteiger partial charge in [-0.05, 0) is 18.8 Å². The molecule has 2 rings (SSSR count). The van der Waals surface area contributed by atoms with Crippen molar-refractivity contribution in [2.45, 2.75) is 25.8 Å². The van der Waals surface area contributed by atoms with Crippen LogP contribution in [0.25, 0.3) is 0 Å². The molecule has 1 aromatic heterocycles. The lowest BCUT2D eigenvalue weighted by Crippen LogP contribution is -2.28. The molecule has 1 saturated carbocycles. The fourth-order valence-corrected chi connectivity index (χ4v) is 1.77. The minimum absolute atomic E-state index is 0.588. The Morgan fingerprint density at radius 3 is 3.00 bits per heavy atom. The van der Waals surface area contributed by atoms with Crippen molar-refractivity contribution in [1.82, 2.24) is 19.7 Å². The van der Waals surface area contributed by atoms with Crippen molar-refractivity contribution in [3.05, 3.63) is 12.2 Å². The van der Waals surface area contributed by atoms with Crippen LogP contribution in [0.3, 0.4) is 0 Å². The van der Waals surface area contributed by atoms with E-state index in [2.05, 4.69) is 21.1 Å². The molecule has 0 amide bonds. The fourth-order valence-electron chi connectivity index (χ4n) is 1.77. The van der Waals surface area contributed by atoms with E-state index in [9.17, 15) is 0 Å². The SMILES string of the molecule is Cn1ncnc1CN(CCC#N)CC1CC1. The molecule has 5 nitrogen and oxygen atoms in total. The van der Waals surface area contributed by atoms with E-state index >= 15 is 0 Å². The van der Waals surface area contributed by atoms with Crippen molar-refractivity contribution in [2.75, 3.05) is 13.1 Å². The van der Waals surface area contributed by atoms with Crippen LogP contribution in [0.15, 0.2) is 6.33 Å². The molecule has 1 fully saturated rings. The van der Waals surface area contributed by atoms with Gasteiger partial charge in [0.2, 0.25) is 0 Å². The van der Waals surface area contributed by atoms with Crippen molar-refractivity contribution >= 4 is 0 Å². The maximum absolute atomic E-state index is 8.64. The Hall–Kier alpha value is -1.41. The first-order valence-electron chi connectivity index (χ1n) is 5.71. The summed E-state index contributed by atoms with van der Waals surface area (Å²) in [5.74, 6) is 1.81. The van der Waals surface area contributed by atoms with E-state index in [0.29, 0.717) is 6.42 Å². The summed E-state index contributed by atoms with van der Waals surface area (Å²) in [5, 5.41) is 12.7. The van der Waals surface area contributed by atoms with Crippen LogP contribution in [-0.4, -0.2) is 32.8 Å². The topological polar surface area (TPSA) is 57.7 Å². The van der Waals surface area contributed by atoms with Crippen molar-refractivity contribution in [1.29, 1.82) is 5.26 Å². The average Bonchev–Trinajstić information content (AvgIpc) is 3.00. The van der Waals surface area contributed by atoms with Crippen LogP contribution in [0.4, 0.5) is 0 Å². The van der Waals surface area contributed by atoms with Gasteiger partial charge in [-0.25, -0.2) is 4.98 Å². The maximum atomic E-state index is 8.64. The molecule has 5 heteroatoms. The van der Waals surface area contributed by atoms with Crippen LogP contribution in [0.5, 0.6) is 0 Å². The van der Waals surface area contributed by atoms with Gasteiger partial charge in [0, 0.05) is 26.6 Å². The van der Waals surface area contributed by atoms with Crippen LogP contribution in [0.2, 0.25) is 0 Å². The quantitative estimate of drug-likeness (QED) is 0.714. The van der Waals surface area contributed by atoms with Gasteiger partial charge in [-0.1, -0.05) is 0 Å². The first kappa shape index (κ1) is 11.1. The molecule has 0 saturated heterocycles. The summed E-state index contributed by atoms with van der Waals surface area (Å²) in [6.45, 7) is 2.73. The molecule has 1 heterocycles. The molecular formula is C11H17N5. The van der Waals surface area contributed by atoms with Crippen molar-refractivity contribution in [2.24, 2.45) is 13.0 Å². The maximum Gasteiger partial charge on any atom is 0.140 e. The first-order valence-corrected chi connectivity index (χ1v) is 5.71. The van der Waals surface area contributed by atoms with Gasteiger partial charge in [0.1, 0.15) is 12.2 Å². The van der Waals surface area contributed by atoms with E-state index in [-0.39, 0.29) is 0 Å². The smallest absolute Gasteiger partial charge is 0.140 e. The largest absolute Gasteiger partial charge is 0.295 e. The summed E-state index contributed by atoms with van der Waals surface area (Å²) in [6.07, 6.45) is 4.84. The average molecular weight is 219 g/mol. The van der Waals surface area contributed by atoms with E-state index in [1.54, 1.807) is 11.0 Å². The molecule has 0 aromatic carbocycles. The van der Waals surface area contributed by atoms with Crippen molar-refractivity contribution in [3.63, 3.8) is 0 Å². The highest BCUT2D eigenvalue weighted by molar-refractivity contribution is 4.87. The number of nitrogens with zero attached hydrogens (tertiary/aromatic N) is 5. The number of hydrogen-bond donors (Lipinski definition) is 0. The monoisotopic (exact) mass is 219 g/mol. The summed E-state index contributed by atoms with van der Waals surface area (Å²) < 4.78 is 1.80. The molecule has 0 bridgehead atoms. The summed E-state index contributed by atoms with van der Waals surface area (Å²) in [6, 6.07) is 2.20. The Kier molecular flexibility index (Phi) is 3.52. The number of hydrogen-bond acceptors (Lipinski definition) is 4. The Balaban J connectivity index is 1.90. The summed E-state index contributed by atoms with van der Waals surface area (Å²) >= 11 is 0. The molecule has 0 N–H and O–H groups in total. The minimum atomic E-state index is 0.588. The van der Waals surface area contributed by atoms with Crippen LogP contribution < -0.4 is 0 Å². The number of aromatic nitrogens is 3. The highest BCUT2D eigenvalue weighted by Crippen LogP contribution is 2.30. The molecule has 0 unspecified atom stereocenters. The van der Waals surface area contributed by atoms with Gasteiger partial charge >= 0.3 is 0 Å². The lowest BCUT2D eigenvalue weighted by Gasteiger charge is -2.19. The lowest BCUT2D eigenvalue weighted by molar-refractivity contribution is 0.250. The predicted octanol–water partition coefficient (Wildman–Crippen LogP) is 0.941. The van der Waals surface area contributed by atoms with Gasteiger partial charge < -0.3 is 0 Å². The van der Waals surface area contributed by atoms with E-state index in [1.807, 2.05) is 7.05 Å². The predicted molar refractivity (Wildman–Crippen MR) is 59.2 cm³/mol. The third-order valence-corrected chi connectivity index (χ3v) is 2.92. The Labute approximate surface area is 95.7 Å². The van der Waals surface area contributed by atoms with Crippen LogP contribution in [-0.2, 0) is 13.6 Å². The molecule has 16 heavy (non-hydrogen) atoms. The van der Waals surface area contributed by atoms with Gasteiger partial charge in [0.25, 0.3) is 0 Å². The lowest BCUT2D eigenvalue weighted by atomic mass is 10.3. The fraction of sp³-hybridized carbons (Fsp3) is 0.727. The standard InChI is InChI=1S/C11H17N5/c1-15-11(13-9-14-15)8-16(6-2-5-12)7-10-3-4-10/h9-10H,2-4,6-8H2,1H3. The van der Waals surface area contributed by atoms with Crippen molar-refractivity contribution in [3.8, 4) is 6.07 Å². The molecule has 0 aliphatic heterocycles. The van der Waals surface area contributed by atoms with Gasteiger partial charge in [-0.15, -0.1) is 0 Å². The highest BCUT2D eigenvalue weighted by Gasteiger charge is 2.24. The number of rotatable bonds is 6. The summed E-state index contributed by atoms with van der Waals surface area (Å²) in [5.41, 5.74) is 0. The number of aryl methyl sites for hydroxylation is 1. The highest BCUT2D eigenvalue weighted by atomic mass is 15.3. The second-order valence-electron chi connectivity index (χ2n) is 4.39. The second kappa shape index (κ2) is 5.08. The van der Waals surface area contributed by atoms with Crippen LogP contribution in [0, 0.1) is 17.2 Å². The van der Waals surface area contributed by atoms with Crippen LogP contribution >= 0.6 is 0 Å². The molecule has 0 spiro atoms. The van der Waals surface area contributed by atoms with Gasteiger partial charge in [0.15, 0.2) is 0 Å². The summed E-state index contributed by atoms with van der Waals surface area (Å²) in [4.78, 5) is 6.53. The molecule has 0 radical (unpaired) electrons. The summed E-state index contributed by atoms with van der Waals surface area (Å²) in [7, 11) is 1.90. The number of nitriles is 1. The normalized spacial score (nSPS) is 15.3. The molecule has 86 valence electrons. The van der Waals surface area contributed by atoms with Gasteiger partial charge in [0.05, 0.1) is 12.6 Å². The molecule has 0 atom stereocenters. The third kappa shape index (κ3) is 3.04. The zero-order valence-corrected chi connectivity index (χ0v) is 9.63. The molecular weight excluding hydrogens is 202 g/mol. The van der Waals surface area contributed by atoms with E-state index in [0.717, 1.165) is 31.4 Å². The molecule has 1 aliphatic rings.